The molecule has 1 aliphatic heterocycles. The van der Waals surface area contributed by atoms with E-state index in [1.807, 2.05) is 0 Å². The standard InChI is InChI=1S/C14H17NO5/c1-20-11-4-2-9(3-5-11)6-13(17)15-8-10(16)7-12(15)14(18)19/h2-5,10,12,16H,6-8H2,1H3,(H,18,19)/t10-,12-/m0/s1. The predicted molar refractivity (Wildman–Crippen MR) is 70.5 cm³/mol. The number of hydrogen-bond donors (Lipinski definition) is 2. The van der Waals surface area contributed by atoms with Gasteiger partial charge < -0.3 is 19.8 Å². The number of aliphatic hydroxyl groups excluding tert-OH is 1. The van der Waals surface area contributed by atoms with Crippen molar-refractivity contribution in [1.29, 1.82) is 0 Å². The van der Waals surface area contributed by atoms with E-state index in [1.165, 1.54) is 4.90 Å². The smallest absolute Gasteiger partial charge is 0.326 e. The minimum atomic E-state index is -1.08. The molecule has 6 nitrogen and oxygen atoms in total. The Morgan fingerprint density at radius 2 is 2.00 bits per heavy atom. The molecule has 0 radical (unpaired) electrons. The molecular weight excluding hydrogens is 262 g/mol. The molecule has 1 amide bonds. The Morgan fingerprint density at radius 3 is 2.55 bits per heavy atom. The van der Waals surface area contributed by atoms with E-state index < -0.39 is 18.1 Å². The lowest BCUT2D eigenvalue weighted by Crippen LogP contribution is -2.41. The van der Waals surface area contributed by atoms with Gasteiger partial charge in [0, 0.05) is 13.0 Å². The first-order chi connectivity index (χ1) is 9.51. The molecule has 0 aliphatic carbocycles. The van der Waals surface area contributed by atoms with Gasteiger partial charge >= 0.3 is 5.97 Å². The normalized spacial score (nSPS) is 21.8. The predicted octanol–water partition coefficient (Wildman–Crippen LogP) is 0.284. The Morgan fingerprint density at radius 1 is 1.35 bits per heavy atom. The number of likely N-dealkylation sites (tertiary alicyclic amines) is 1. The summed E-state index contributed by atoms with van der Waals surface area (Å²) < 4.78 is 5.03. The van der Waals surface area contributed by atoms with Crippen molar-refractivity contribution < 1.29 is 24.5 Å². The van der Waals surface area contributed by atoms with Crippen LogP contribution >= 0.6 is 0 Å². The highest BCUT2D eigenvalue weighted by Gasteiger charge is 2.38. The number of ether oxygens (including phenoxy) is 1. The third-order valence-electron chi connectivity index (χ3n) is 3.40. The molecule has 1 aliphatic rings. The number of methoxy groups -OCH3 is 1. The maximum atomic E-state index is 12.1. The number of aliphatic carboxylic acids is 1. The van der Waals surface area contributed by atoms with Crippen LogP contribution in [-0.2, 0) is 16.0 Å². The third-order valence-corrected chi connectivity index (χ3v) is 3.40. The lowest BCUT2D eigenvalue weighted by molar-refractivity contribution is -0.148. The quantitative estimate of drug-likeness (QED) is 0.827. The number of carbonyl (C=O) groups excluding carboxylic acids is 1. The van der Waals surface area contributed by atoms with Crippen LogP contribution < -0.4 is 4.74 Å². The lowest BCUT2D eigenvalue weighted by Gasteiger charge is -2.21. The van der Waals surface area contributed by atoms with Gasteiger partial charge in [0.1, 0.15) is 11.8 Å². The molecule has 1 aromatic carbocycles. The number of carboxylic acids is 1. The minimum Gasteiger partial charge on any atom is -0.497 e. The Labute approximate surface area is 116 Å². The van der Waals surface area contributed by atoms with Crippen LogP contribution in [0.4, 0.5) is 0 Å². The highest BCUT2D eigenvalue weighted by atomic mass is 16.5. The van der Waals surface area contributed by atoms with Crippen LogP contribution in [0.5, 0.6) is 5.75 Å². The second-order valence-corrected chi connectivity index (χ2v) is 4.81. The van der Waals surface area contributed by atoms with E-state index in [1.54, 1.807) is 31.4 Å². The fourth-order valence-electron chi connectivity index (χ4n) is 2.34. The van der Waals surface area contributed by atoms with Crippen molar-refractivity contribution in [2.75, 3.05) is 13.7 Å². The highest BCUT2D eigenvalue weighted by Crippen LogP contribution is 2.20. The molecule has 6 heteroatoms. The second kappa shape index (κ2) is 5.92. The van der Waals surface area contributed by atoms with Gasteiger partial charge in [0.25, 0.3) is 0 Å². The van der Waals surface area contributed by atoms with Crippen LogP contribution in [0.15, 0.2) is 24.3 Å². The van der Waals surface area contributed by atoms with Crippen LogP contribution in [0.2, 0.25) is 0 Å². The van der Waals surface area contributed by atoms with Crippen molar-refractivity contribution in [3.05, 3.63) is 29.8 Å². The highest BCUT2D eigenvalue weighted by molar-refractivity contribution is 5.85. The summed E-state index contributed by atoms with van der Waals surface area (Å²) in [5.74, 6) is -0.676. The number of hydrogen-bond acceptors (Lipinski definition) is 4. The van der Waals surface area contributed by atoms with Crippen LogP contribution in [-0.4, -0.2) is 52.8 Å². The van der Waals surface area contributed by atoms with Gasteiger partial charge in [-0.05, 0) is 17.7 Å². The van der Waals surface area contributed by atoms with Crippen molar-refractivity contribution in [3.8, 4) is 5.75 Å². The maximum absolute atomic E-state index is 12.1. The average molecular weight is 279 g/mol. The molecular formula is C14H17NO5. The van der Waals surface area contributed by atoms with Gasteiger partial charge in [0.05, 0.1) is 19.6 Å². The molecule has 1 saturated heterocycles. The molecule has 108 valence electrons. The van der Waals surface area contributed by atoms with Crippen molar-refractivity contribution >= 4 is 11.9 Å². The number of rotatable bonds is 4. The molecule has 0 saturated carbocycles. The summed E-state index contributed by atoms with van der Waals surface area (Å²) in [6.45, 7) is 0.0754. The molecule has 0 aromatic heterocycles. The van der Waals surface area contributed by atoms with Crippen LogP contribution in [0.25, 0.3) is 0 Å². The molecule has 0 spiro atoms. The number of nitrogens with zero attached hydrogens (tertiary/aromatic N) is 1. The molecule has 1 fully saturated rings. The number of β-amino-alcohol motifs (C(OH)–C–C–N with tert-alkyl or cyclic N) is 1. The topological polar surface area (TPSA) is 87.1 Å². The number of amides is 1. The van der Waals surface area contributed by atoms with E-state index in [9.17, 15) is 14.7 Å². The fourth-order valence-corrected chi connectivity index (χ4v) is 2.34. The molecule has 2 atom stereocenters. The Bertz CT molecular complexity index is 499. The first-order valence-corrected chi connectivity index (χ1v) is 6.34. The van der Waals surface area contributed by atoms with Gasteiger partial charge in [-0.1, -0.05) is 12.1 Å². The summed E-state index contributed by atoms with van der Waals surface area (Å²) in [6.07, 6.45) is -0.569. The van der Waals surface area contributed by atoms with E-state index in [2.05, 4.69) is 0 Å². The zero-order valence-corrected chi connectivity index (χ0v) is 11.2. The van der Waals surface area contributed by atoms with Gasteiger partial charge in [-0.2, -0.15) is 0 Å². The van der Waals surface area contributed by atoms with Gasteiger partial charge in [-0.15, -0.1) is 0 Å². The Hall–Kier alpha value is -2.08. The fraction of sp³-hybridized carbons (Fsp3) is 0.429. The Kier molecular flexibility index (Phi) is 4.24. The van der Waals surface area contributed by atoms with Crippen molar-refractivity contribution in [2.24, 2.45) is 0 Å². The first-order valence-electron chi connectivity index (χ1n) is 6.34. The molecule has 1 aromatic rings. The molecule has 0 bridgehead atoms. The summed E-state index contributed by atoms with van der Waals surface area (Å²) in [5.41, 5.74) is 0.779. The number of aliphatic hydroxyl groups is 1. The monoisotopic (exact) mass is 279 g/mol. The van der Waals surface area contributed by atoms with Gasteiger partial charge in [0.15, 0.2) is 0 Å². The van der Waals surface area contributed by atoms with Crippen molar-refractivity contribution in [2.45, 2.75) is 25.0 Å². The number of carboxylic acid groups (broad SMARTS) is 1. The zero-order valence-electron chi connectivity index (χ0n) is 11.2. The first kappa shape index (κ1) is 14.3. The van der Waals surface area contributed by atoms with Crippen molar-refractivity contribution in [3.63, 3.8) is 0 Å². The van der Waals surface area contributed by atoms with Crippen LogP contribution in [0, 0.1) is 0 Å². The summed E-state index contributed by atoms with van der Waals surface area (Å²) >= 11 is 0. The maximum Gasteiger partial charge on any atom is 0.326 e. The molecule has 20 heavy (non-hydrogen) atoms. The average Bonchev–Trinajstić information content (AvgIpc) is 2.82. The van der Waals surface area contributed by atoms with Crippen LogP contribution in [0.1, 0.15) is 12.0 Å². The van der Waals surface area contributed by atoms with Gasteiger partial charge in [-0.25, -0.2) is 4.79 Å². The minimum absolute atomic E-state index is 0.0754. The lowest BCUT2D eigenvalue weighted by atomic mass is 10.1. The van der Waals surface area contributed by atoms with E-state index in [4.69, 9.17) is 9.84 Å². The SMILES string of the molecule is COc1ccc(CC(=O)N2C[C@@H](O)C[C@H]2C(=O)O)cc1. The van der Waals surface area contributed by atoms with E-state index >= 15 is 0 Å². The zero-order chi connectivity index (χ0) is 14.7. The van der Waals surface area contributed by atoms with E-state index in [-0.39, 0.29) is 25.3 Å². The summed E-state index contributed by atoms with van der Waals surface area (Å²) in [6, 6.07) is 6.08. The molecule has 1 heterocycles. The molecule has 0 unspecified atom stereocenters. The molecule has 2 N–H and O–H groups in total. The summed E-state index contributed by atoms with van der Waals surface area (Å²) in [7, 11) is 1.56. The van der Waals surface area contributed by atoms with E-state index in [0.717, 1.165) is 5.56 Å². The number of carbonyl (C=O) groups is 2. The van der Waals surface area contributed by atoms with Crippen LogP contribution in [0.3, 0.4) is 0 Å². The van der Waals surface area contributed by atoms with E-state index in [0.29, 0.717) is 5.75 Å². The number of benzene rings is 1. The Balaban J connectivity index is 2.04. The third kappa shape index (κ3) is 3.08. The second-order valence-electron chi connectivity index (χ2n) is 4.81. The van der Waals surface area contributed by atoms with Crippen molar-refractivity contribution in [1.82, 2.24) is 4.90 Å². The molecule has 2 rings (SSSR count). The van der Waals surface area contributed by atoms with Gasteiger partial charge in [-0.3, -0.25) is 4.79 Å². The van der Waals surface area contributed by atoms with Gasteiger partial charge in [0.2, 0.25) is 5.91 Å². The summed E-state index contributed by atoms with van der Waals surface area (Å²) in [5, 5.41) is 18.6. The largest absolute Gasteiger partial charge is 0.497 e. The summed E-state index contributed by atoms with van der Waals surface area (Å²) in [4.78, 5) is 24.5.